The number of carbonyl (C=O) groups excluding carboxylic acids is 1. The fraction of sp³-hybridized carbons (Fsp3) is 0.462. The van der Waals surface area contributed by atoms with E-state index in [1.165, 1.54) is 5.56 Å². The minimum Gasteiger partial charge on any atom is -0.386 e. The number of nitrogens with one attached hydrogen (secondary N) is 1. The van der Waals surface area contributed by atoms with Crippen molar-refractivity contribution in [3.05, 3.63) is 35.4 Å². The van der Waals surface area contributed by atoms with Gasteiger partial charge in [-0.1, -0.05) is 24.3 Å². The lowest BCUT2D eigenvalue weighted by atomic mass is 9.75. The number of benzene rings is 1. The van der Waals surface area contributed by atoms with Gasteiger partial charge in [0.2, 0.25) is 5.91 Å². The lowest BCUT2D eigenvalue weighted by Gasteiger charge is -2.39. The van der Waals surface area contributed by atoms with Crippen LogP contribution in [0.4, 0.5) is 0 Å². The molecular weight excluding hydrogens is 202 g/mol. The highest BCUT2D eigenvalue weighted by Crippen LogP contribution is 2.42. The maximum absolute atomic E-state index is 11.4. The minimum absolute atomic E-state index is 0.0680. The number of fused-ring (bicyclic) bond motifs is 1. The van der Waals surface area contributed by atoms with Crippen LogP contribution in [-0.4, -0.2) is 16.6 Å². The van der Waals surface area contributed by atoms with Crippen LogP contribution in [-0.2, 0) is 11.2 Å². The highest BCUT2D eigenvalue weighted by Gasteiger charge is 2.46. The second-order valence-electron chi connectivity index (χ2n) is 4.81. The van der Waals surface area contributed by atoms with Crippen LogP contribution in [0.1, 0.15) is 36.5 Å². The third-order valence-electron chi connectivity index (χ3n) is 3.90. The molecule has 3 heteroatoms. The number of aliphatic hydroxyl groups is 1. The molecule has 1 amide bonds. The Kier molecular flexibility index (Phi) is 2.04. The van der Waals surface area contributed by atoms with Crippen molar-refractivity contribution in [3.8, 4) is 0 Å². The zero-order valence-corrected chi connectivity index (χ0v) is 9.07. The van der Waals surface area contributed by atoms with Crippen molar-refractivity contribution in [3.63, 3.8) is 0 Å². The van der Waals surface area contributed by atoms with Gasteiger partial charge in [-0.05, 0) is 30.4 Å². The van der Waals surface area contributed by atoms with Gasteiger partial charge in [0.25, 0.3) is 0 Å². The molecule has 3 nitrogen and oxygen atoms in total. The Morgan fingerprint density at radius 2 is 2.00 bits per heavy atom. The number of hydrogen-bond donors (Lipinski definition) is 2. The molecule has 16 heavy (non-hydrogen) atoms. The highest BCUT2D eigenvalue weighted by molar-refractivity contribution is 5.79. The fourth-order valence-electron chi connectivity index (χ4n) is 2.95. The molecule has 84 valence electrons. The molecule has 1 saturated heterocycles. The van der Waals surface area contributed by atoms with Crippen LogP contribution in [0.15, 0.2) is 24.3 Å². The average molecular weight is 217 g/mol. The monoisotopic (exact) mass is 217 g/mol. The van der Waals surface area contributed by atoms with Crippen molar-refractivity contribution >= 4 is 5.91 Å². The number of hydrogen-bond acceptors (Lipinski definition) is 2. The molecule has 2 aliphatic rings. The molecule has 0 saturated carbocycles. The summed E-state index contributed by atoms with van der Waals surface area (Å²) in [6.45, 7) is 0. The lowest BCUT2D eigenvalue weighted by Crippen LogP contribution is -2.49. The molecule has 2 unspecified atom stereocenters. The van der Waals surface area contributed by atoms with Gasteiger partial charge in [0, 0.05) is 6.42 Å². The van der Waals surface area contributed by atoms with Gasteiger partial charge in [0.1, 0.15) is 6.10 Å². The Balaban J connectivity index is 2.01. The Bertz CT molecular complexity index is 443. The van der Waals surface area contributed by atoms with Gasteiger partial charge in [-0.2, -0.15) is 0 Å². The van der Waals surface area contributed by atoms with E-state index in [0.29, 0.717) is 6.42 Å². The standard InChI is InChI=1S/C13H15NO2/c15-11-6-8-13(14-11)7-5-9-3-1-2-4-10(9)12(13)16/h1-4,12,16H,5-8H2,(H,14,15). The van der Waals surface area contributed by atoms with Crippen molar-refractivity contribution in [2.75, 3.05) is 0 Å². The van der Waals surface area contributed by atoms with Gasteiger partial charge < -0.3 is 10.4 Å². The maximum atomic E-state index is 11.4. The van der Waals surface area contributed by atoms with Crippen LogP contribution >= 0.6 is 0 Å². The third-order valence-corrected chi connectivity index (χ3v) is 3.90. The highest BCUT2D eigenvalue weighted by atomic mass is 16.3. The predicted octanol–water partition coefficient (Wildman–Crippen LogP) is 1.31. The molecule has 2 atom stereocenters. The topological polar surface area (TPSA) is 49.3 Å². The maximum Gasteiger partial charge on any atom is 0.220 e. The van der Waals surface area contributed by atoms with Crippen LogP contribution in [0.5, 0.6) is 0 Å². The first kappa shape index (κ1) is 9.85. The molecule has 2 N–H and O–H groups in total. The summed E-state index contributed by atoms with van der Waals surface area (Å²) in [6.07, 6.45) is 2.52. The molecular formula is C13H15NO2. The predicted molar refractivity (Wildman–Crippen MR) is 59.8 cm³/mol. The van der Waals surface area contributed by atoms with Crippen molar-refractivity contribution in [2.24, 2.45) is 0 Å². The number of carbonyl (C=O) groups is 1. The SMILES string of the molecule is O=C1CCC2(CCc3ccccc3C2O)N1. The van der Waals surface area contributed by atoms with Gasteiger partial charge in [-0.25, -0.2) is 0 Å². The van der Waals surface area contributed by atoms with Crippen LogP contribution in [0.3, 0.4) is 0 Å². The van der Waals surface area contributed by atoms with E-state index in [2.05, 4.69) is 11.4 Å². The van der Waals surface area contributed by atoms with E-state index in [1.807, 2.05) is 18.2 Å². The van der Waals surface area contributed by atoms with E-state index in [4.69, 9.17) is 0 Å². The number of aliphatic hydroxyl groups excluding tert-OH is 1. The molecule has 0 radical (unpaired) electrons. The minimum atomic E-state index is -0.552. The van der Waals surface area contributed by atoms with Crippen molar-refractivity contribution in [1.29, 1.82) is 0 Å². The molecule has 3 rings (SSSR count). The quantitative estimate of drug-likeness (QED) is 0.688. The molecule has 1 aliphatic heterocycles. The summed E-state index contributed by atoms with van der Waals surface area (Å²) in [6, 6.07) is 7.96. The number of aryl methyl sites for hydroxylation is 1. The van der Waals surface area contributed by atoms with Crippen LogP contribution in [0, 0.1) is 0 Å². The summed E-state index contributed by atoms with van der Waals surface area (Å²) in [5.41, 5.74) is 1.79. The van der Waals surface area contributed by atoms with E-state index in [0.717, 1.165) is 24.8 Å². The van der Waals surface area contributed by atoms with E-state index < -0.39 is 11.6 Å². The van der Waals surface area contributed by atoms with E-state index in [1.54, 1.807) is 0 Å². The van der Waals surface area contributed by atoms with Gasteiger partial charge in [-0.15, -0.1) is 0 Å². The van der Waals surface area contributed by atoms with E-state index in [9.17, 15) is 9.90 Å². The summed E-state index contributed by atoms with van der Waals surface area (Å²) in [4.78, 5) is 11.4. The number of amides is 1. The summed E-state index contributed by atoms with van der Waals surface area (Å²) in [5, 5.41) is 13.4. The molecule has 0 aromatic heterocycles. The Morgan fingerprint density at radius 3 is 2.75 bits per heavy atom. The smallest absolute Gasteiger partial charge is 0.220 e. The van der Waals surface area contributed by atoms with E-state index >= 15 is 0 Å². The first-order valence-electron chi connectivity index (χ1n) is 5.78. The summed E-state index contributed by atoms with van der Waals surface area (Å²) in [7, 11) is 0. The fourth-order valence-corrected chi connectivity index (χ4v) is 2.95. The molecule has 0 bridgehead atoms. The average Bonchev–Trinajstić information content (AvgIpc) is 2.68. The van der Waals surface area contributed by atoms with Gasteiger partial charge in [-0.3, -0.25) is 4.79 Å². The second kappa shape index (κ2) is 3.32. The molecule has 1 heterocycles. The lowest BCUT2D eigenvalue weighted by molar-refractivity contribution is -0.120. The molecule has 1 aromatic rings. The van der Waals surface area contributed by atoms with Crippen LogP contribution < -0.4 is 5.32 Å². The zero-order chi connectivity index (χ0) is 11.2. The van der Waals surface area contributed by atoms with Crippen molar-refractivity contribution < 1.29 is 9.90 Å². The molecule has 1 fully saturated rings. The first-order valence-corrected chi connectivity index (χ1v) is 5.78. The molecule has 1 aliphatic carbocycles. The third kappa shape index (κ3) is 1.28. The number of rotatable bonds is 0. The summed E-state index contributed by atoms with van der Waals surface area (Å²) >= 11 is 0. The van der Waals surface area contributed by atoms with Gasteiger partial charge in [0.05, 0.1) is 5.54 Å². The van der Waals surface area contributed by atoms with Gasteiger partial charge in [0.15, 0.2) is 0 Å². The summed E-state index contributed by atoms with van der Waals surface area (Å²) in [5.74, 6) is 0.0680. The second-order valence-corrected chi connectivity index (χ2v) is 4.81. The van der Waals surface area contributed by atoms with Crippen molar-refractivity contribution in [1.82, 2.24) is 5.32 Å². The Labute approximate surface area is 94.5 Å². The largest absolute Gasteiger partial charge is 0.386 e. The zero-order valence-electron chi connectivity index (χ0n) is 9.07. The Morgan fingerprint density at radius 1 is 1.25 bits per heavy atom. The van der Waals surface area contributed by atoms with Crippen molar-refractivity contribution in [2.45, 2.75) is 37.3 Å². The van der Waals surface area contributed by atoms with Gasteiger partial charge >= 0.3 is 0 Å². The molecule has 1 spiro atoms. The molecule has 1 aromatic carbocycles. The summed E-state index contributed by atoms with van der Waals surface area (Å²) < 4.78 is 0. The Hall–Kier alpha value is -1.35. The van der Waals surface area contributed by atoms with E-state index in [-0.39, 0.29) is 5.91 Å². The normalized spacial score (nSPS) is 32.6. The van der Waals surface area contributed by atoms with Crippen LogP contribution in [0.25, 0.3) is 0 Å². The first-order chi connectivity index (χ1) is 7.71. The van der Waals surface area contributed by atoms with Crippen LogP contribution in [0.2, 0.25) is 0 Å².